The second kappa shape index (κ2) is 12.0. The van der Waals surface area contributed by atoms with Crippen LogP contribution in [0.1, 0.15) is 77.4 Å². The number of carbonyl (C=O) groups excluding carboxylic acids is 2. The molecule has 0 saturated carbocycles. The number of Topliss-reactive ketones (excluding diaryl/α,β-unsaturated/α-hetero) is 1. The van der Waals surface area contributed by atoms with Crippen molar-refractivity contribution >= 4 is 22.6 Å². The van der Waals surface area contributed by atoms with E-state index in [2.05, 4.69) is 61.4 Å². The summed E-state index contributed by atoms with van der Waals surface area (Å²) in [5, 5.41) is 4.00. The number of benzene rings is 3. The highest BCUT2D eigenvalue weighted by atomic mass is 16.1. The first-order valence-electron chi connectivity index (χ1n) is 13.2. The second-order valence-corrected chi connectivity index (χ2v) is 10.2. The van der Waals surface area contributed by atoms with Gasteiger partial charge in [-0.05, 0) is 71.7 Å². The predicted octanol–water partition coefficient (Wildman–Crippen LogP) is 7.56. The molecule has 37 heavy (non-hydrogen) atoms. The third kappa shape index (κ3) is 6.32. The minimum atomic E-state index is -0.0290. The molecule has 1 heterocycles. The van der Waals surface area contributed by atoms with E-state index in [0.29, 0.717) is 30.5 Å². The molecule has 190 valence electrons. The van der Waals surface area contributed by atoms with Crippen LogP contribution in [0.5, 0.6) is 0 Å². The molecule has 4 rings (SSSR count). The molecular weight excluding hydrogens is 456 g/mol. The van der Waals surface area contributed by atoms with Crippen molar-refractivity contribution in [3.63, 3.8) is 0 Å². The van der Waals surface area contributed by atoms with E-state index in [9.17, 15) is 9.59 Å². The van der Waals surface area contributed by atoms with Crippen LogP contribution in [0.25, 0.3) is 22.0 Å². The largest absolute Gasteiger partial charge is 0.352 e. The van der Waals surface area contributed by atoms with Gasteiger partial charge in [0.1, 0.15) is 0 Å². The summed E-state index contributed by atoms with van der Waals surface area (Å²) in [7, 11) is 0. The van der Waals surface area contributed by atoms with E-state index in [0.717, 1.165) is 51.6 Å². The van der Waals surface area contributed by atoms with Crippen LogP contribution in [0.15, 0.2) is 72.9 Å². The van der Waals surface area contributed by atoms with Gasteiger partial charge < -0.3 is 5.32 Å². The highest BCUT2D eigenvalue weighted by Crippen LogP contribution is 2.31. The van der Waals surface area contributed by atoms with Gasteiger partial charge in [0.25, 0.3) is 5.91 Å². The average Bonchev–Trinajstić information content (AvgIpc) is 2.88. The number of hydrogen-bond acceptors (Lipinski definition) is 3. The Morgan fingerprint density at radius 2 is 1.65 bits per heavy atom. The van der Waals surface area contributed by atoms with Crippen LogP contribution >= 0.6 is 0 Å². The predicted molar refractivity (Wildman–Crippen MR) is 152 cm³/mol. The van der Waals surface area contributed by atoms with Crippen LogP contribution in [0.2, 0.25) is 0 Å². The zero-order chi connectivity index (χ0) is 26.4. The summed E-state index contributed by atoms with van der Waals surface area (Å²) in [6.07, 6.45) is 4.93. The number of fused-ring (bicyclic) bond motifs is 1. The molecular formula is C33H36N2O2. The molecule has 0 unspecified atom stereocenters. The number of aromatic nitrogens is 1. The molecule has 0 saturated heterocycles. The van der Waals surface area contributed by atoms with Gasteiger partial charge in [-0.1, -0.05) is 75.7 Å². The Morgan fingerprint density at radius 3 is 2.35 bits per heavy atom. The van der Waals surface area contributed by atoms with Gasteiger partial charge in [0.05, 0.1) is 5.52 Å². The van der Waals surface area contributed by atoms with Crippen molar-refractivity contribution in [2.75, 3.05) is 6.54 Å². The van der Waals surface area contributed by atoms with Crippen LogP contribution in [0.3, 0.4) is 0 Å². The summed E-state index contributed by atoms with van der Waals surface area (Å²) in [5.41, 5.74) is 7.48. The fourth-order valence-electron chi connectivity index (χ4n) is 4.71. The van der Waals surface area contributed by atoms with Gasteiger partial charge in [0.15, 0.2) is 5.78 Å². The summed E-state index contributed by atoms with van der Waals surface area (Å²) < 4.78 is 0. The molecule has 4 aromatic rings. The van der Waals surface area contributed by atoms with E-state index in [1.165, 1.54) is 0 Å². The van der Waals surface area contributed by atoms with E-state index in [-0.39, 0.29) is 17.6 Å². The van der Waals surface area contributed by atoms with Crippen LogP contribution in [-0.2, 0) is 6.42 Å². The quantitative estimate of drug-likeness (QED) is 0.184. The standard InChI is InChI=1S/C33H36N2O2/c1-5-6-16-34-33(37)27-14-12-25(18-23(27)4)26-13-15-31-29(20-26)28(19-24-10-8-7-9-11-24)30(21-35-31)32(36)17-22(2)3/h7-15,18,20-22H,5-6,16-17,19H2,1-4H3,(H,34,37). The molecule has 0 radical (unpaired) electrons. The maximum Gasteiger partial charge on any atom is 0.251 e. The fourth-order valence-corrected chi connectivity index (χ4v) is 4.71. The van der Waals surface area contributed by atoms with Gasteiger partial charge in [-0.25, -0.2) is 0 Å². The minimum absolute atomic E-state index is 0.0290. The minimum Gasteiger partial charge on any atom is -0.352 e. The number of unbranched alkanes of at least 4 members (excludes halogenated alkanes) is 1. The summed E-state index contributed by atoms with van der Waals surface area (Å²) in [6, 6.07) is 22.5. The lowest BCUT2D eigenvalue weighted by molar-refractivity contribution is 0.0948. The van der Waals surface area contributed by atoms with Crippen molar-refractivity contribution in [2.24, 2.45) is 5.92 Å². The molecule has 0 aliphatic rings. The third-order valence-corrected chi connectivity index (χ3v) is 6.72. The number of aryl methyl sites for hydroxylation is 1. The highest BCUT2D eigenvalue weighted by molar-refractivity contribution is 6.02. The molecule has 1 amide bonds. The van der Waals surface area contributed by atoms with Crippen molar-refractivity contribution in [1.29, 1.82) is 0 Å². The van der Waals surface area contributed by atoms with Gasteiger partial charge in [-0.2, -0.15) is 0 Å². The molecule has 0 atom stereocenters. The molecule has 3 aromatic carbocycles. The van der Waals surface area contributed by atoms with Crippen LogP contribution < -0.4 is 5.32 Å². The number of hydrogen-bond donors (Lipinski definition) is 1. The number of pyridine rings is 1. The van der Waals surface area contributed by atoms with Crippen molar-refractivity contribution in [1.82, 2.24) is 10.3 Å². The van der Waals surface area contributed by atoms with E-state index in [1.807, 2.05) is 43.3 Å². The number of ketones is 1. The summed E-state index contributed by atoms with van der Waals surface area (Å²) in [5.74, 6) is 0.383. The lowest BCUT2D eigenvalue weighted by Gasteiger charge is -2.15. The van der Waals surface area contributed by atoms with E-state index < -0.39 is 0 Å². The first kappa shape index (κ1) is 26.3. The number of nitrogens with one attached hydrogen (secondary N) is 1. The van der Waals surface area contributed by atoms with Gasteiger partial charge >= 0.3 is 0 Å². The monoisotopic (exact) mass is 492 g/mol. The SMILES string of the molecule is CCCCNC(=O)c1ccc(-c2ccc3ncc(C(=O)CC(C)C)c(Cc4ccccc4)c3c2)cc1C. The Hall–Kier alpha value is -3.79. The van der Waals surface area contributed by atoms with Crippen molar-refractivity contribution < 1.29 is 9.59 Å². The lowest BCUT2D eigenvalue weighted by atomic mass is 9.90. The molecule has 1 aromatic heterocycles. The fraction of sp³-hybridized carbons (Fsp3) is 0.303. The van der Waals surface area contributed by atoms with E-state index >= 15 is 0 Å². The van der Waals surface area contributed by atoms with E-state index in [1.54, 1.807) is 6.20 Å². The summed E-state index contributed by atoms with van der Waals surface area (Å²) in [6.45, 7) is 8.91. The van der Waals surface area contributed by atoms with Crippen LogP contribution in [-0.4, -0.2) is 23.2 Å². The Morgan fingerprint density at radius 1 is 0.919 bits per heavy atom. The molecule has 0 aliphatic carbocycles. The second-order valence-electron chi connectivity index (χ2n) is 10.2. The topological polar surface area (TPSA) is 59.1 Å². The average molecular weight is 493 g/mol. The number of carbonyl (C=O) groups is 2. The number of nitrogens with zero attached hydrogens (tertiary/aromatic N) is 1. The van der Waals surface area contributed by atoms with Crippen LogP contribution in [0, 0.1) is 12.8 Å². The Bertz CT molecular complexity index is 1410. The number of amides is 1. The first-order chi connectivity index (χ1) is 17.9. The van der Waals surface area contributed by atoms with Crippen molar-refractivity contribution in [3.05, 3.63) is 101 Å². The molecule has 0 spiro atoms. The molecule has 0 fully saturated rings. The zero-order valence-electron chi connectivity index (χ0n) is 22.3. The number of rotatable bonds is 10. The Labute approximate surface area is 220 Å². The Kier molecular flexibility index (Phi) is 8.50. The summed E-state index contributed by atoms with van der Waals surface area (Å²) in [4.78, 5) is 30.5. The Balaban J connectivity index is 1.76. The molecule has 0 bridgehead atoms. The summed E-state index contributed by atoms with van der Waals surface area (Å²) >= 11 is 0. The van der Waals surface area contributed by atoms with Gasteiger partial charge in [0.2, 0.25) is 0 Å². The molecule has 1 N–H and O–H groups in total. The van der Waals surface area contributed by atoms with Gasteiger partial charge in [-0.3, -0.25) is 14.6 Å². The lowest BCUT2D eigenvalue weighted by Crippen LogP contribution is -2.25. The maximum atomic E-state index is 13.2. The molecule has 4 nitrogen and oxygen atoms in total. The third-order valence-electron chi connectivity index (χ3n) is 6.72. The maximum absolute atomic E-state index is 13.2. The van der Waals surface area contributed by atoms with Gasteiger partial charge in [0, 0.05) is 35.7 Å². The van der Waals surface area contributed by atoms with Crippen molar-refractivity contribution in [2.45, 2.75) is 53.4 Å². The zero-order valence-corrected chi connectivity index (χ0v) is 22.3. The smallest absolute Gasteiger partial charge is 0.251 e. The van der Waals surface area contributed by atoms with E-state index in [4.69, 9.17) is 0 Å². The molecule has 4 heteroatoms. The van der Waals surface area contributed by atoms with Crippen LogP contribution in [0.4, 0.5) is 0 Å². The molecule has 0 aliphatic heterocycles. The normalized spacial score (nSPS) is 11.2. The van der Waals surface area contributed by atoms with Crippen molar-refractivity contribution in [3.8, 4) is 11.1 Å². The highest BCUT2D eigenvalue weighted by Gasteiger charge is 2.18. The van der Waals surface area contributed by atoms with Gasteiger partial charge in [-0.15, -0.1) is 0 Å². The first-order valence-corrected chi connectivity index (χ1v) is 13.2.